The van der Waals surface area contributed by atoms with Gasteiger partial charge in [0.15, 0.2) is 6.61 Å². The number of nitrogens with zero attached hydrogens (tertiary/aromatic N) is 2. The minimum absolute atomic E-state index is 0.106. The van der Waals surface area contributed by atoms with E-state index in [1.807, 2.05) is 18.2 Å². The Labute approximate surface area is 148 Å². The van der Waals surface area contributed by atoms with E-state index in [1.54, 1.807) is 6.92 Å². The smallest absolute Gasteiger partial charge is 0.255 e. The summed E-state index contributed by atoms with van der Waals surface area (Å²) in [6.07, 6.45) is 4.52. The Kier molecular flexibility index (Phi) is 5.58. The van der Waals surface area contributed by atoms with Crippen LogP contribution in [-0.4, -0.2) is 53.4 Å². The van der Waals surface area contributed by atoms with E-state index in [2.05, 4.69) is 15.9 Å². The number of hydrogen-bond acceptors (Lipinski definition) is 4. The lowest BCUT2D eigenvalue weighted by molar-refractivity contribution is -0.130. The quantitative estimate of drug-likeness (QED) is 0.848. The van der Waals surface area contributed by atoms with E-state index < -0.39 is 5.91 Å². The van der Waals surface area contributed by atoms with Crippen LogP contribution in [0.4, 0.5) is 0 Å². The summed E-state index contributed by atoms with van der Waals surface area (Å²) < 4.78 is 5.40. The molecule has 25 heavy (non-hydrogen) atoms. The molecular weight excluding hydrogens is 318 g/mol. The monoisotopic (exact) mass is 345 g/mol. The Bertz CT molecular complexity index is 634. The van der Waals surface area contributed by atoms with Gasteiger partial charge in [-0.25, -0.2) is 0 Å². The molecule has 136 valence electrons. The van der Waals surface area contributed by atoms with Gasteiger partial charge in [-0.2, -0.15) is 0 Å². The largest absolute Gasteiger partial charge is 0.484 e. The van der Waals surface area contributed by atoms with E-state index in [1.165, 1.54) is 6.42 Å². The number of ether oxygens (including phenoxy) is 1. The molecule has 6 nitrogen and oxygen atoms in total. The van der Waals surface area contributed by atoms with Gasteiger partial charge in [-0.1, -0.05) is 12.1 Å². The number of rotatable bonds is 6. The Morgan fingerprint density at radius 3 is 2.72 bits per heavy atom. The average Bonchev–Trinajstić information content (AvgIpc) is 3.21. The van der Waals surface area contributed by atoms with Crippen LogP contribution in [-0.2, 0) is 16.1 Å². The minimum Gasteiger partial charge on any atom is -0.484 e. The first kappa shape index (κ1) is 17.7. The fourth-order valence-electron chi connectivity index (χ4n) is 4.19. The van der Waals surface area contributed by atoms with E-state index in [-0.39, 0.29) is 12.5 Å². The van der Waals surface area contributed by atoms with Crippen LogP contribution in [0.15, 0.2) is 24.3 Å². The van der Waals surface area contributed by atoms with E-state index in [4.69, 9.17) is 10.5 Å². The first-order valence-corrected chi connectivity index (χ1v) is 9.06. The highest BCUT2D eigenvalue weighted by atomic mass is 16.5. The molecule has 2 fully saturated rings. The Morgan fingerprint density at radius 1 is 1.20 bits per heavy atom. The predicted molar refractivity (Wildman–Crippen MR) is 95.0 cm³/mol. The third-order valence-corrected chi connectivity index (χ3v) is 5.23. The Balaban J connectivity index is 1.66. The molecule has 0 aromatic heterocycles. The molecule has 0 spiro atoms. The molecule has 0 aliphatic carbocycles. The van der Waals surface area contributed by atoms with Crippen molar-refractivity contribution in [1.82, 2.24) is 9.80 Å². The zero-order chi connectivity index (χ0) is 17.8. The summed E-state index contributed by atoms with van der Waals surface area (Å²) in [6, 6.07) is 8.59. The Morgan fingerprint density at radius 2 is 1.96 bits per heavy atom. The fraction of sp³-hybridized carbons (Fsp3) is 0.579. The second-order valence-corrected chi connectivity index (χ2v) is 7.00. The van der Waals surface area contributed by atoms with Crippen molar-refractivity contribution in [1.29, 1.82) is 0 Å². The average molecular weight is 345 g/mol. The minimum atomic E-state index is -0.476. The zero-order valence-electron chi connectivity index (χ0n) is 14.8. The predicted octanol–water partition coefficient (Wildman–Crippen LogP) is 1.53. The molecule has 0 saturated carbocycles. The number of primary amides is 1. The van der Waals surface area contributed by atoms with Crippen LogP contribution in [0.1, 0.15) is 38.2 Å². The number of likely N-dealkylation sites (tertiary alicyclic amines) is 2. The highest BCUT2D eigenvalue weighted by molar-refractivity contribution is 5.75. The molecule has 6 heteroatoms. The van der Waals surface area contributed by atoms with E-state index >= 15 is 0 Å². The maximum absolute atomic E-state index is 11.9. The maximum Gasteiger partial charge on any atom is 0.255 e. The molecule has 0 radical (unpaired) electrons. The van der Waals surface area contributed by atoms with Gasteiger partial charge in [0.05, 0.1) is 0 Å². The summed E-state index contributed by atoms with van der Waals surface area (Å²) in [5, 5.41) is 0. The van der Waals surface area contributed by atoms with Gasteiger partial charge in [0.1, 0.15) is 5.75 Å². The fourth-order valence-corrected chi connectivity index (χ4v) is 4.19. The lowest BCUT2D eigenvalue weighted by atomic mass is 10.0. The first-order valence-electron chi connectivity index (χ1n) is 9.06. The lowest BCUT2D eigenvalue weighted by Crippen LogP contribution is -2.47. The van der Waals surface area contributed by atoms with Crippen LogP contribution < -0.4 is 10.5 Å². The van der Waals surface area contributed by atoms with Gasteiger partial charge < -0.3 is 15.4 Å². The second-order valence-electron chi connectivity index (χ2n) is 7.00. The number of benzene rings is 1. The molecule has 2 heterocycles. The van der Waals surface area contributed by atoms with Crippen molar-refractivity contribution in [2.45, 2.75) is 51.2 Å². The van der Waals surface area contributed by atoms with Gasteiger partial charge in [-0.3, -0.25) is 14.5 Å². The number of amides is 2. The molecule has 2 N–H and O–H groups in total. The van der Waals surface area contributed by atoms with Crippen molar-refractivity contribution in [2.75, 3.05) is 19.7 Å². The normalized spacial score (nSPS) is 23.8. The number of nitrogens with two attached hydrogens (primary N) is 1. The molecule has 2 aliphatic rings. The summed E-state index contributed by atoms with van der Waals surface area (Å²) >= 11 is 0. The van der Waals surface area contributed by atoms with Crippen LogP contribution in [0.25, 0.3) is 0 Å². The van der Waals surface area contributed by atoms with E-state index in [9.17, 15) is 9.59 Å². The topological polar surface area (TPSA) is 75.9 Å². The maximum atomic E-state index is 11.9. The van der Waals surface area contributed by atoms with Crippen LogP contribution in [0, 0.1) is 0 Å². The summed E-state index contributed by atoms with van der Waals surface area (Å²) in [4.78, 5) is 27.3. The third-order valence-electron chi connectivity index (χ3n) is 5.23. The molecule has 2 saturated heterocycles. The molecule has 0 bridgehead atoms. The third kappa shape index (κ3) is 4.31. The molecule has 1 aromatic rings. The van der Waals surface area contributed by atoms with Crippen molar-refractivity contribution >= 4 is 11.8 Å². The van der Waals surface area contributed by atoms with E-state index in [0.29, 0.717) is 17.8 Å². The zero-order valence-corrected chi connectivity index (χ0v) is 14.8. The molecule has 1 aromatic carbocycles. The highest BCUT2D eigenvalue weighted by Gasteiger charge is 2.38. The summed E-state index contributed by atoms with van der Waals surface area (Å²) in [5.74, 6) is 0.380. The van der Waals surface area contributed by atoms with Gasteiger partial charge in [0.25, 0.3) is 5.91 Å². The van der Waals surface area contributed by atoms with Gasteiger partial charge in [0.2, 0.25) is 5.91 Å². The molecular formula is C19H27N3O3. The van der Waals surface area contributed by atoms with Crippen molar-refractivity contribution in [3.8, 4) is 5.75 Å². The number of carbonyl (C=O) groups is 2. The van der Waals surface area contributed by atoms with Gasteiger partial charge in [-0.05, 0) is 49.9 Å². The Hall–Kier alpha value is -2.08. The number of hydrogen-bond donors (Lipinski definition) is 1. The summed E-state index contributed by atoms with van der Waals surface area (Å²) in [6.45, 7) is 4.35. The molecule has 2 amide bonds. The molecule has 3 rings (SSSR count). The SMILES string of the molecule is CC(=O)N1CCC[C@H]1[C@H]1CCCN1Cc1cccc(OCC(N)=O)c1. The van der Waals surface area contributed by atoms with Crippen molar-refractivity contribution in [3.63, 3.8) is 0 Å². The number of carbonyl (C=O) groups excluding carboxylic acids is 2. The molecule has 2 aliphatic heterocycles. The lowest BCUT2D eigenvalue weighted by Gasteiger charge is -2.34. The van der Waals surface area contributed by atoms with Gasteiger partial charge >= 0.3 is 0 Å². The molecule has 0 unspecified atom stereocenters. The van der Waals surface area contributed by atoms with Crippen LogP contribution in [0.3, 0.4) is 0 Å². The van der Waals surface area contributed by atoms with Crippen molar-refractivity contribution in [2.24, 2.45) is 5.73 Å². The highest BCUT2D eigenvalue weighted by Crippen LogP contribution is 2.31. The van der Waals surface area contributed by atoms with Crippen LogP contribution in [0.2, 0.25) is 0 Å². The van der Waals surface area contributed by atoms with Crippen LogP contribution in [0.5, 0.6) is 5.75 Å². The second kappa shape index (κ2) is 7.87. The van der Waals surface area contributed by atoms with Crippen LogP contribution >= 0.6 is 0 Å². The van der Waals surface area contributed by atoms with Crippen molar-refractivity contribution < 1.29 is 14.3 Å². The van der Waals surface area contributed by atoms with E-state index in [0.717, 1.165) is 44.5 Å². The van der Waals surface area contributed by atoms with Gasteiger partial charge in [0, 0.05) is 32.1 Å². The summed E-state index contributed by atoms with van der Waals surface area (Å²) in [5.41, 5.74) is 6.29. The van der Waals surface area contributed by atoms with Gasteiger partial charge in [-0.15, -0.1) is 0 Å². The first-order chi connectivity index (χ1) is 12.0. The standard InChI is InChI=1S/C19H27N3O3/c1-14(23)22-10-4-8-18(22)17-7-3-9-21(17)12-15-5-2-6-16(11-15)25-13-19(20)24/h2,5-6,11,17-18H,3-4,7-10,12-13H2,1H3,(H2,20,24)/t17-,18+/m1/s1. The van der Waals surface area contributed by atoms with Crippen molar-refractivity contribution in [3.05, 3.63) is 29.8 Å². The molecule has 2 atom stereocenters. The summed E-state index contributed by atoms with van der Waals surface area (Å²) in [7, 11) is 0.